The Morgan fingerprint density at radius 1 is 1.50 bits per heavy atom. The van der Waals surface area contributed by atoms with E-state index in [0.717, 1.165) is 0 Å². The molecule has 0 rings (SSSR count). The maximum atomic E-state index is 5.85. The van der Waals surface area contributed by atoms with Crippen molar-refractivity contribution in [3.63, 3.8) is 0 Å². The summed E-state index contributed by atoms with van der Waals surface area (Å²) in [5, 5.41) is 7.31. The van der Waals surface area contributed by atoms with Gasteiger partial charge in [-0.05, 0) is 0 Å². The van der Waals surface area contributed by atoms with Crippen molar-refractivity contribution in [3.8, 4) is 0 Å². The molecule has 0 spiro atoms. The van der Waals surface area contributed by atoms with Gasteiger partial charge in [-0.25, -0.2) is 10.8 Å². The van der Waals surface area contributed by atoms with Crippen LogP contribution in [-0.4, -0.2) is 0 Å². The van der Waals surface area contributed by atoms with Gasteiger partial charge in [0.2, 0.25) is 0 Å². The van der Waals surface area contributed by atoms with Crippen LogP contribution in [0.1, 0.15) is 0 Å². The van der Waals surface area contributed by atoms with Gasteiger partial charge in [0.15, 0.2) is 0 Å². The molecule has 0 unspecified atom stereocenters. The number of hydrogen-bond donors (Lipinski definition) is 1. The van der Waals surface area contributed by atoms with Crippen LogP contribution in [-0.2, 0) is 0 Å². The second-order valence-electron chi connectivity index (χ2n) is 0.289. The zero-order valence-electron chi connectivity index (χ0n) is 3.34. The molecule has 0 aromatic heterocycles. The first-order chi connectivity index (χ1) is 2.41. The van der Waals surface area contributed by atoms with Gasteiger partial charge in [0.05, 0.1) is 0 Å². The van der Waals surface area contributed by atoms with E-state index in [2.05, 4.69) is 15.7 Å². The predicted molar refractivity (Wildman–Crippen MR) is 14.3 cm³/mol. The number of nitrogens with one attached hydrogen (secondary N) is 2. The summed E-state index contributed by atoms with van der Waals surface area (Å²) >= 11 is 0. The van der Waals surface area contributed by atoms with Gasteiger partial charge >= 0.3 is 51.4 Å². The van der Waals surface area contributed by atoms with Crippen molar-refractivity contribution in [2.75, 3.05) is 0 Å². The second kappa shape index (κ2) is 9.16. The first-order valence-corrected chi connectivity index (χ1v) is 0.847. The molecule has 0 aliphatic rings. The van der Waals surface area contributed by atoms with Crippen molar-refractivity contribution in [1.29, 1.82) is 5.53 Å². The summed E-state index contributed by atoms with van der Waals surface area (Å²) in [6.45, 7) is 0. The van der Waals surface area contributed by atoms with E-state index < -0.39 is 0 Å². The van der Waals surface area contributed by atoms with Crippen LogP contribution in [0.3, 0.4) is 0 Å². The molecule has 28 valence electrons. The molecule has 0 saturated heterocycles. The molecule has 0 amide bonds. The molecule has 0 atom stereocenters. The summed E-state index contributed by atoms with van der Waals surface area (Å²) in [5.74, 6) is 5.85. The average Bonchev–Trinajstić information content (AvgIpc) is 1.41. The smallest absolute Gasteiger partial charge is 0.397 e. The zero-order chi connectivity index (χ0) is 4.12. The van der Waals surface area contributed by atoms with Gasteiger partial charge in [-0.2, -0.15) is 0 Å². The van der Waals surface area contributed by atoms with Crippen LogP contribution in [0.25, 0.3) is 5.84 Å². The Bertz CT molecular complexity index is 45.9. The Balaban J connectivity index is 0. The number of nitrogens with zero attached hydrogens (tertiary/aromatic N) is 3. The Morgan fingerprint density at radius 2 is 2.00 bits per heavy atom. The monoisotopic (exact) mass is 111 g/mol. The molecule has 0 bridgehead atoms. The maximum Gasteiger partial charge on any atom is 1.00 e. The summed E-state index contributed by atoms with van der Waals surface area (Å²) in [6.07, 6.45) is 0. The molecule has 6 heavy (non-hydrogen) atoms. The summed E-state index contributed by atoms with van der Waals surface area (Å²) in [7, 11) is 0. The molecule has 0 radical (unpaired) electrons. The van der Waals surface area contributed by atoms with Gasteiger partial charge < -0.3 is 5.84 Å². The summed E-state index contributed by atoms with van der Waals surface area (Å²) in [4.78, 5) is 0. The minimum absolute atomic E-state index is 0. The van der Waals surface area contributed by atoms with Crippen molar-refractivity contribution in [1.82, 2.24) is 0 Å². The van der Waals surface area contributed by atoms with Gasteiger partial charge in [0.1, 0.15) is 0 Å². The minimum atomic E-state index is 0. The van der Waals surface area contributed by atoms with E-state index in [1.807, 2.05) is 0 Å². The number of hydrogen-bond acceptors (Lipinski definition) is 2. The first kappa shape index (κ1) is 9.81. The third-order valence-corrected chi connectivity index (χ3v) is 0.0894. The van der Waals surface area contributed by atoms with Crippen LogP contribution >= 0.6 is 0 Å². The molecular formula is H2KN5. The van der Waals surface area contributed by atoms with Crippen LogP contribution in [0.15, 0.2) is 15.7 Å². The van der Waals surface area contributed by atoms with E-state index in [1.165, 1.54) is 0 Å². The van der Waals surface area contributed by atoms with Crippen LogP contribution in [0.2, 0.25) is 0 Å². The first-order valence-electron chi connectivity index (χ1n) is 0.847. The quantitative estimate of drug-likeness (QED) is 0.239. The van der Waals surface area contributed by atoms with E-state index in [4.69, 9.17) is 11.4 Å². The zero-order valence-corrected chi connectivity index (χ0v) is 6.46. The summed E-state index contributed by atoms with van der Waals surface area (Å²) < 4.78 is 0. The van der Waals surface area contributed by atoms with Crippen LogP contribution in [0.4, 0.5) is 0 Å². The molecule has 0 aromatic rings. The molecule has 0 fully saturated rings. The topological polar surface area (TPSA) is 84.7 Å². The van der Waals surface area contributed by atoms with Crippen molar-refractivity contribution < 1.29 is 51.4 Å². The third-order valence-electron chi connectivity index (χ3n) is 0.0894. The van der Waals surface area contributed by atoms with E-state index in [0.29, 0.717) is 0 Å². The second-order valence-corrected chi connectivity index (χ2v) is 0.289. The molecule has 6 heteroatoms. The van der Waals surface area contributed by atoms with E-state index in [1.54, 1.807) is 0 Å². The van der Waals surface area contributed by atoms with E-state index in [-0.39, 0.29) is 51.4 Å². The Kier molecular flexibility index (Phi) is 15.0. The van der Waals surface area contributed by atoms with Gasteiger partial charge in [-0.3, -0.25) is 5.22 Å². The molecule has 0 aromatic carbocycles. The molecule has 5 nitrogen and oxygen atoms in total. The van der Waals surface area contributed by atoms with Crippen molar-refractivity contribution >= 4 is 0 Å². The Morgan fingerprint density at radius 3 is 2.00 bits per heavy atom. The third kappa shape index (κ3) is 8.82. The molecule has 0 aliphatic carbocycles. The molecule has 0 aliphatic heterocycles. The fourth-order valence-electron chi connectivity index (χ4n) is 0.0224. The minimum Gasteiger partial charge on any atom is -0.397 e. The van der Waals surface area contributed by atoms with Gasteiger partial charge in [0, 0.05) is 0 Å². The SMILES string of the molecule is N=N/N=N/[NH-].[K+]. The fraction of sp³-hybridized carbons (Fsp3) is 0. The Hall–Kier alpha value is 0.636. The van der Waals surface area contributed by atoms with Crippen LogP contribution in [0.5, 0.6) is 0 Å². The number of rotatable bonds is 1. The van der Waals surface area contributed by atoms with Crippen LogP contribution < -0.4 is 51.4 Å². The molecule has 0 heterocycles. The molecular weight excluding hydrogens is 109 g/mol. The van der Waals surface area contributed by atoms with Crippen molar-refractivity contribution in [2.24, 2.45) is 15.7 Å². The largest absolute Gasteiger partial charge is 1.00 e. The summed E-state index contributed by atoms with van der Waals surface area (Å²) in [5.41, 5.74) is 5.85. The fourth-order valence-corrected chi connectivity index (χ4v) is 0.0224. The maximum absolute atomic E-state index is 5.85. The normalized spacial score (nSPS) is 7.33. The van der Waals surface area contributed by atoms with Gasteiger partial charge in [-0.15, -0.1) is 5.22 Å². The van der Waals surface area contributed by atoms with Gasteiger partial charge in [0.25, 0.3) is 0 Å². The Labute approximate surface area is 77.3 Å². The molecule has 2 N–H and O–H groups in total. The van der Waals surface area contributed by atoms with E-state index in [9.17, 15) is 0 Å². The average molecular weight is 111 g/mol. The standard InChI is InChI=1S/K.H2N5/c;1-3-5-4-2/h;(H2-,1,2,5)/q+1;-1. The van der Waals surface area contributed by atoms with Crippen molar-refractivity contribution in [3.05, 3.63) is 5.84 Å². The predicted octanol–water partition coefficient (Wildman–Crippen LogP) is -1.64. The van der Waals surface area contributed by atoms with Crippen molar-refractivity contribution in [2.45, 2.75) is 0 Å². The molecule has 0 saturated carbocycles. The summed E-state index contributed by atoms with van der Waals surface area (Å²) in [6, 6.07) is 0. The van der Waals surface area contributed by atoms with E-state index >= 15 is 0 Å². The van der Waals surface area contributed by atoms with Gasteiger partial charge in [-0.1, -0.05) is 0 Å². The van der Waals surface area contributed by atoms with Crippen LogP contribution in [0, 0.1) is 5.53 Å².